The van der Waals surface area contributed by atoms with Crippen molar-refractivity contribution >= 4 is 5.82 Å². The number of hydrogen-bond acceptors (Lipinski definition) is 6. The monoisotopic (exact) mass is 474 g/mol. The number of piperidine rings is 1. The molecule has 1 aromatic carbocycles. The minimum Gasteiger partial charge on any atom is -0.354 e. The average Bonchev–Trinajstić information content (AvgIpc) is 3.62. The molecule has 0 spiro atoms. The van der Waals surface area contributed by atoms with Crippen LogP contribution in [0.2, 0.25) is 0 Å². The molecule has 0 amide bonds. The van der Waals surface area contributed by atoms with E-state index in [4.69, 9.17) is 5.26 Å². The fourth-order valence-corrected chi connectivity index (χ4v) is 5.27. The normalized spacial score (nSPS) is 21.6. The zero-order valence-electron chi connectivity index (χ0n) is 19.0. The maximum Gasteiger partial charge on any atom is 0.296 e. The van der Waals surface area contributed by atoms with Crippen molar-refractivity contribution < 1.29 is 8.78 Å². The molecule has 2 saturated heterocycles. The summed E-state index contributed by atoms with van der Waals surface area (Å²) in [4.78, 5) is 24.3. The lowest BCUT2D eigenvalue weighted by Crippen LogP contribution is -2.46. The van der Waals surface area contributed by atoms with Gasteiger partial charge in [-0.2, -0.15) is 9.65 Å². The maximum atomic E-state index is 15.6. The summed E-state index contributed by atoms with van der Waals surface area (Å²) in [5.74, 6) is -0.767. The van der Waals surface area contributed by atoms with Crippen molar-refractivity contribution in [2.45, 2.75) is 37.6 Å². The number of hydrogen-bond donors (Lipinski definition) is 1. The number of nitriles is 1. The molecule has 3 aliphatic rings. The van der Waals surface area contributed by atoms with Gasteiger partial charge < -0.3 is 10.2 Å². The lowest BCUT2D eigenvalue weighted by Gasteiger charge is -2.36. The number of nitrogens with zero attached hydrogens (tertiary/aromatic N) is 5. The second kappa shape index (κ2) is 8.54. The molecule has 1 aliphatic carbocycles. The predicted molar refractivity (Wildman–Crippen MR) is 126 cm³/mol. The Hall–Kier alpha value is -3.64. The van der Waals surface area contributed by atoms with Gasteiger partial charge in [-0.1, -0.05) is 0 Å². The van der Waals surface area contributed by atoms with Crippen LogP contribution in [0.5, 0.6) is 0 Å². The van der Waals surface area contributed by atoms with Gasteiger partial charge in [0.15, 0.2) is 5.82 Å². The van der Waals surface area contributed by atoms with Crippen LogP contribution >= 0.6 is 0 Å². The van der Waals surface area contributed by atoms with E-state index in [1.54, 1.807) is 12.1 Å². The van der Waals surface area contributed by atoms with E-state index in [9.17, 15) is 9.18 Å². The minimum absolute atomic E-state index is 0.0149. The van der Waals surface area contributed by atoms with Gasteiger partial charge in [-0.05, 0) is 68.5 Å². The molecular formula is C26H24F2N6O. The Labute approximate surface area is 201 Å². The third-order valence-corrected chi connectivity index (χ3v) is 7.34. The molecule has 3 aromatic rings. The molecule has 1 N–H and O–H groups in total. The van der Waals surface area contributed by atoms with E-state index in [1.165, 1.54) is 18.3 Å². The van der Waals surface area contributed by atoms with Crippen molar-refractivity contribution in [2.75, 3.05) is 24.5 Å². The number of fused-ring (bicyclic) bond motifs is 1. The standard InChI is InChI=1S/C26H24F2N6O/c27-20-11-16(3-4-17(20)12-29)24-32-25(33-10-8-22-18(14-33)7-9-30-22)23(28)26(35)34(24)19-5-6-21(31-13-19)15-1-2-15/h3-6,11,13,15,18,22,30H,1-2,7-10,14H2. The molecule has 9 heteroatoms. The highest BCUT2D eigenvalue weighted by Gasteiger charge is 2.35. The van der Waals surface area contributed by atoms with E-state index in [1.807, 2.05) is 11.0 Å². The largest absolute Gasteiger partial charge is 0.354 e. The molecule has 3 fully saturated rings. The summed E-state index contributed by atoms with van der Waals surface area (Å²) in [6.07, 6.45) is 5.53. The van der Waals surface area contributed by atoms with Gasteiger partial charge in [-0.25, -0.2) is 9.37 Å². The Morgan fingerprint density at radius 1 is 1.11 bits per heavy atom. The summed E-state index contributed by atoms with van der Waals surface area (Å²) in [5.41, 5.74) is 0.601. The van der Waals surface area contributed by atoms with Crippen LogP contribution in [0.4, 0.5) is 14.6 Å². The van der Waals surface area contributed by atoms with Crippen LogP contribution in [0, 0.1) is 28.9 Å². The Morgan fingerprint density at radius 3 is 2.69 bits per heavy atom. The van der Waals surface area contributed by atoms with Crippen molar-refractivity contribution in [2.24, 2.45) is 5.92 Å². The molecule has 178 valence electrons. The number of rotatable bonds is 4. The van der Waals surface area contributed by atoms with Gasteiger partial charge in [0.1, 0.15) is 17.7 Å². The first-order valence-corrected chi connectivity index (χ1v) is 12.0. The van der Waals surface area contributed by atoms with Crippen LogP contribution in [0.3, 0.4) is 0 Å². The number of aromatic nitrogens is 3. The SMILES string of the molecule is N#Cc1ccc(-c2nc(N3CCC4NCCC4C3)c(F)c(=O)n2-c2ccc(C3CC3)nc2)cc1F. The smallest absolute Gasteiger partial charge is 0.296 e. The quantitative estimate of drug-likeness (QED) is 0.623. The number of halogens is 2. The molecule has 0 radical (unpaired) electrons. The Bertz CT molecular complexity index is 1390. The first-order valence-electron chi connectivity index (χ1n) is 12.0. The first kappa shape index (κ1) is 21.9. The molecule has 2 aromatic heterocycles. The zero-order valence-corrected chi connectivity index (χ0v) is 19.0. The predicted octanol–water partition coefficient (Wildman–Crippen LogP) is 3.51. The summed E-state index contributed by atoms with van der Waals surface area (Å²) in [6, 6.07) is 9.80. The highest BCUT2D eigenvalue weighted by molar-refractivity contribution is 5.62. The Kier molecular flexibility index (Phi) is 5.33. The van der Waals surface area contributed by atoms with Crippen molar-refractivity contribution in [3.05, 3.63) is 69.8 Å². The fourth-order valence-electron chi connectivity index (χ4n) is 5.27. The van der Waals surface area contributed by atoms with E-state index in [-0.39, 0.29) is 22.8 Å². The highest BCUT2D eigenvalue weighted by atomic mass is 19.1. The number of nitrogens with one attached hydrogen (secondary N) is 1. The van der Waals surface area contributed by atoms with Crippen LogP contribution in [0.1, 0.15) is 42.9 Å². The molecule has 2 atom stereocenters. The first-order chi connectivity index (χ1) is 17.0. The topological polar surface area (TPSA) is 86.8 Å². The Balaban J connectivity index is 1.49. The molecular weight excluding hydrogens is 450 g/mol. The number of pyridine rings is 1. The van der Waals surface area contributed by atoms with Gasteiger partial charge in [0, 0.05) is 36.3 Å². The van der Waals surface area contributed by atoms with Gasteiger partial charge >= 0.3 is 0 Å². The third-order valence-electron chi connectivity index (χ3n) is 7.34. The molecule has 1 saturated carbocycles. The van der Waals surface area contributed by atoms with E-state index < -0.39 is 17.2 Å². The van der Waals surface area contributed by atoms with Crippen LogP contribution in [0.25, 0.3) is 17.1 Å². The lowest BCUT2D eigenvalue weighted by molar-refractivity contribution is 0.371. The molecule has 7 nitrogen and oxygen atoms in total. The summed E-state index contributed by atoms with van der Waals surface area (Å²) >= 11 is 0. The second-order valence-corrected chi connectivity index (χ2v) is 9.58. The van der Waals surface area contributed by atoms with E-state index in [2.05, 4.69) is 15.3 Å². The lowest BCUT2D eigenvalue weighted by atomic mass is 9.93. The van der Waals surface area contributed by atoms with Gasteiger partial charge in [-0.15, -0.1) is 0 Å². The van der Waals surface area contributed by atoms with Crippen molar-refractivity contribution in [3.63, 3.8) is 0 Å². The third kappa shape index (κ3) is 3.88. The molecule has 2 aliphatic heterocycles. The number of benzene rings is 1. The number of anilines is 1. The van der Waals surface area contributed by atoms with Gasteiger partial charge in [-0.3, -0.25) is 14.3 Å². The van der Waals surface area contributed by atoms with E-state index >= 15 is 4.39 Å². The minimum atomic E-state index is -0.932. The van der Waals surface area contributed by atoms with Gasteiger partial charge in [0.05, 0.1) is 17.4 Å². The van der Waals surface area contributed by atoms with Crippen molar-refractivity contribution in [1.82, 2.24) is 19.9 Å². The Morgan fingerprint density at radius 2 is 1.97 bits per heavy atom. The van der Waals surface area contributed by atoms with Crippen molar-refractivity contribution in [1.29, 1.82) is 5.26 Å². The molecule has 2 unspecified atom stereocenters. The summed E-state index contributed by atoms with van der Waals surface area (Å²) in [7, 11) is 0. The molecule has 0 bridgehead atoms. The zero-order chi connectivity index (χ0) is 24.1. The van der Waals surface area contributed by atoms with Crippen LogP contribution in [-0.4, -0.2) is 40.2 Å². The maximum absolute atomic E-state index is 15.6. The van der Waals surface area contributed by atoms with Crippen LogP contribution in [-0.2, 0) is 0 Å². The van der Waals surface area contributed by atoms with Crippen LogP contribution < -0.4 is 15.8 Å². The fraction of sp³-hybridized carbons (Fsp3) is 0.385. The van der Waals surface area contributed by atoms with Gasteiger partial charge in [0.2, 0.25) is 5.82 Å². The summed E-state index contributed by atoms with van der Waals surface area (Å²) < 4.78 is 31.3. The summed E-state index contributed by atoms with van der Waals surface area (Å²) in [6.45, 7) is 2.10. The highest BCUT2D eigenvalue weighted by Crippen LogP contribution is 2.39. The molecule has 6 rings (SSSR count). The van der Waals surface area contributed by atoms with Gasteiger partial charge in [0.25, 0.3) is 5.56 Å². The molecule has 4 heterocycles. The molecule has 35 heavy (non-hydrogen) atoms. The van der Waals surface area contributed by atoms with E-state index in [0.29, 0.717) is 36.7 Å². The summed E-state index contributed by atoms with van der Waals surface area (Å²) in [5, 5.41) is 12.6. The van der Waals surface area contributed by atoms with Crippen LogP contribution in [0.15, 0.2) is 41.3 Å². The van der Waals surface area contributed by atoms with E-state index in [0.717, 1.165) is 48.6 Å². The van der Waals surface area contributed by atoms with Crippen molar-refractivity contribution in [3.8, 4) is 23.1 Å². The average molecular weight is 475 g/mol. The second-order valence-electron chi connectivity index (χ2n) is 9.58.